The van der Waals surface area contributed by atoms with Crippen LogP contribution in [0, 0.1) is 5.82 Å². The van der Waals surface area contributed by atoms with Crippen LogP contribution in [0.25, 0.3) is 0 Å². The third-order valence-electron chi connectivity index (χ3n) is 4.00. The molecule has 0 bridgehead atoms. The Kier molecular flexibility index (Phi) is 4.03. The summed E-state index contributed by atoms with van der Waals surface area (Å²) in [5.74, 6) is -1.31. The molecule has 0 saturated heterocycles. The van der Waals surface area contributed by atoms with Crippen LogP contribution < -0.4 is 5.32 Å². The lowest BCUT2D eigenvalue weighted by Crippen LogP contribution is -2.48. The zero-order valence-electron chi connectivity index (χ0n) is 12.3. The first-order chi connectivity index (χ1) is 9.75. The summed E-state index contributed by atoms with van der Waals surface area (Å²) in [5, 5.41) is 11.7. The average molecular weight is 293 g/mol. The number of amides is 1. The quantitative estimate of drug-likeness (QED) is 0.847. The highest BCUT2D eigenvalue weighted by Gasteiger charge is 2.52. The van der Waals surface area contributed by atoms with E-state index in [1.807, 2.05) is 13.8 Å². The second kappa shape index (κ2) is 5.47. The van der Waals surface area contributed by atoms with Crippen molar-refractivity contribution in [2.24, 2.45) is 0 Å². The predicted octanol–water partition coefficient (Wildman–Crippen LogP) is 2.62. The SMILES string of the molecule is CC(C)(CCC(=O)O)NC(=O)C1(c2ccc(F)cc2)CC1. The van der Waals surface area contributed by atoms with Gasteiger partial charge in [-0.3, -0.25) is 9.59 Å². The molecule has 1 aromatic carbocycles. The average Bonchev–Trinajstić information content (AvgIpc) is 3.18. The Labute approximate surface area is 123 Å². The van der Waals surface area contributed by atoms with Gasteiger partial charge in [0.15, 0.2) is 0 Å². The minimum Gasteiger partial charge on any atom is -0.481 e. The van der Waals surface area contributed by atoms with Crippen LogP contribution in [0.15, 0.2) is 24.3 Å². The number of rotatable bonds is 6. The first kappa shape index (κ1) is 15.5. The van der Waals surface area contributed by atoms with E-state index >= 15 is 0 Å². The van der Waals surface area contributed by atoms with Crippen LogP contribution in [-0.2, 0) is 15.0 Å². The number of aliphatic carboxylic acids is 1. The van der Waals surface area contributed by atoms with Gasteiger partial charge >= 0.3 is 5.97 Å². The molecule has 2 N–H and O–H groups in total. The van der Waals surface area contributed by atoms with Crippen molar-refractivity contribution in [2.75, 3.05) is 0 Å². The van der Waals surface area contributed by atoms with E-state index < -0.39 is 16.9 Å². The molecule has 2 rings (SSSR count). The highest BCUT2D eigenvalue weighted by atomic mass is 19.1. The van der Waals surface area contributed by atoms with E-state index in [0.717, 1.165) is 18.4 Å². The van der Waals surface area contributed by atoms with Crippen molar-refractivity contribution in [3.05, 3.63) is 35.6 Å². The number of halogens is 1. The Morgan fingerprint density at radius 3 is 2.33 bits per heavy atom. The molecule has 1 fully saturated rings. The summed E-state index contributed by atoms with van der Waals surface area (Å²) in [4.78, 5) is 23.2. The Morgan fingerprint density at radius 2 is 1.86 bits per heavy atom. The predicted molar refractivity (Wildman–Crippen MR) is 76.4 cm³/mol. The van der Waals surface area contributed by atoms with Crippen LogP contribution >= 0.6 is 0 Å². The summed E-state index contributed by atoms with van der Waals surface area (Å²) in [6, 6.07) is 6.01. The van der Waals surface area contributed by atoms with Crippen molar-refractivity contribution in [2.45, 2.75) is 50.5 Å². The number of hydrogen-bond donors (Lipinski definition) is 2. The van der Waals surface area contributed by atoms with Gasteiger partial charge in [-0.15, -0.1) is 0 Å². The van der Waals surface area contributed by atoms with Gasteiger partial charge < -0.3 is 10.4 Å². The zero-order chi connectivity index (χ0) is 15.7. The Hall–Kier alpha value is -1.91. The van der Waals surface area contributed by atoms with Gasteiger partial charge in [-0.05, 0) is 50.8 Å². The molecule has 0 heterocycles. The molecule has 0 unspecified atom stereocenters. The van der Waals surface area contributed by atoms with Gasteiger partial charge in [0.2, 0.25) is 5.91 Å². The molecule has 1 aliphatic carbocycles. The van der Waals surface area contributed by atoms with Crippen LogP contribution in [0.4, 0.5) is 4.39 Å². The lowest BCUT2D eigenvalue weighted by Gasteiger charge is -2.28. The Morgan fingerprint density at radius 1 is 1.29 bits per heavy atom. The summed E-state index contributed by atoms with van der Waals surface area (Å²) in [6.07, 6.45) is 1.85. The second-order valence-electron chi connectivity index (χ2n) is 6.32. The first-order valence-electron chi connectivity index (χ1n) is 7.06. The topological polar surface area (TPSA) is 66.4 Å². The van der Waals surface area contributed by atoms with Crippen molar-refractivity contribution >= 4 is 11.9 Å². The zero-order valence-corrected chi connectivity index (χ0v) is 12.3. The number of carboxylic acid groups (broad SMARTS) is 1. The summed E-state index contributed by atoms with van der Waals surface area (Å²) in [5.41, 5.74) is -0.338. The molecule has 21 heavy (non-hydrogen) atoms. The molecular weight excluding hydrogens is 273 g/mol. The fraction of sp³-hybridized carbons (Fsp3) is 0.500. The van der Waals surface area contributed by atoms with Gasteiger partial charge in [-0.1, -0.05) is 12.1 Å². The van der Waals surface area contributed by atoms with Crippen LogP contribution in [-0.4, -0.2) is 22.5 Å². The lowest BCUT2D eigenvalue weighted by atomic mass is 9.91. The van der Waals surface area contributed by atoms with Gasteiger partial charge in [0, 0.05) is 12.0 Å². The third kappa shape index (κ3) is 3.60. The lowest BCUT2D eigenvalue weighted by molar-refractivity contribution is -0.138. The van der Waals surface area contributed by atoms with E-state index in [1.165, 1.54) is 12.1 Å². The first-order valence-corrected chi connectivity index (χ1v) is 7.06. The van der Waals surface area contributed by atoms with Gasteiger partial charge in [0.25, 0.3) is 0 Å². The van der Waals surface area contributed by atoms with Crippen LogP contribution in [0.3, 0.4) is 0 Å². The van der Waals surface area contributed by atoms with E-state index in [2.05, 4.69) is 5.32 Å². The minimum atomic E-state index is -0.878. The highest BCUT2D eigenvalue weighted by molar-refractivity contribution is 5.91. The minimum absolute atomic E-state index is 0.0107. The molecule has 114 valence electrons. The molecule has 1 aromatic rings. The standard InChI is InChI=1S/C16H20FNO3/c1-15(2,8-7-13(19)20)18-14(21)16(9-10-16)11-3-5-12(17)6-4-11/h3-6H,7-10H2,1-2H3,(H,18,21)(H,19,20). The van der Waals surface area contributed by atoms with E-state index in [4.69, 9.17) is 5.11 Å². The van der Waals surface area contributed by atoms with E-state index in [0.29, 0.717) is 6.42 Å². The molecule has 0 aromatic heterocycles. The number of hydrogen-bond acceptors (Lipinski definition) is 2. The van der Waals surface area contributed by atoms with Gasteiger partial charge in [-0.2, -0.15) is 0 Å². The van der Waals surface area contributed by atoms with Crippen LogP contribution in [0.1, 0.15) is 45.1 Å². The smallest absolute Gasteiger partial charge is 0.303 e. The molecule has 0 spiro atoms. The van der Waals surface area contributed by atoms with Crippen molar-refractivity contribution in [3.63, 3.8) is 0 Å². The molecule has 1 amide bonds. The van der Waals surface area contributed by atoms with Crippen molar-refractivity contribution < 1.29 is 19.1 Å². The third-order valence-corrected chi connectivity index (χ3v) is 4.00. The largest absolute Gasteiger partial charge is 0.481 e. The highest BCUT2D eigenvalue weighted by Crippen LogP contribution is 2.48. The Balaban J connectivity index is 2.06. The normalized spacial score (nSPS) is 16.3. The van der Waals surface area contributed by atoms with Crippen LogP contribution in [0.5, 0.6) is 0 Å². The van der Waals surface area contributed by atoms with Crippen molar-refractivity contribution in [1.82, 2.24) is 5.32 Å². The summed E-state index contributed by atoms with van der Waals surface area (Å²) in [6.45, 7) is 3.63. The summed E-state index contributed by atoms with van der Waals surface area (Å²) >= 11 is 0. The van der Waals surface area contributed by atoms with Gasteiger partial charge in [0.05, 0.1) is 5.41 Å². The summed E-state index contributed by atoms with van der Waals surface area (Å²) < 4.78 is 13.0. The van der Waals surface area contributed by atoms with Gasteiger partial charge in [0.1, 0.15) is 5.82 Å². The summed E-state index contributed by atoms with van der Waals surface area (Å²) in [7, 11) is 0. The van der Waals surface area contributed by atoms with E-state index in [1.54, 1.807) is 12.1 Å². The molecular formula is C16H20FNO3. The molecule has 4 nitrogen and oxygen atoms in total. The van der Waals surface area contributed by atoms with Gasteiger partial charge in [-0.25, -0.2) is 4.39 Å². The maximum absolute atomic E-state index is 13.0. The molecule has 5 heteroatoms. The number of carboxylic acids is 1. The molecule has 0 radical (unpaired) electrons. The number of nitrogens with one attached hydrogen (secondary N) is 1. The van der Waals surface area contributed by atoms with Crippen molar-refractivity contribution in [1.29, 1.82) is 0 Å². The Bertz CT molecular complexity index is 547. The molecule has 1 aliphatic rings. The fourth-order valence-electron chi connectivity index (χ4n) is 2.45. The number of carbonyl (C=O) groups is 2. The van der Waals surface area contributed by atoms with E-state index in [9.17, 15) is 14.0 Å². The maximum atomic E-state index is 13.0. The second-order valence-corrected chi connectivity index (χ2v) is 6.32. The molecule has 0 atom stereocenters. The molecule has 0 aliphatic heterocycles. The fourth-order valence-corrected chi connectivity index (χ4v) is 2.45. The monoisotopic (exact) mass is 293 g/mol. The van der Waals surface area contributed by atoms with Crippen molar-refractivity contribution in [3.8, 4) is 0 Å². The number of carbonyl (C=O) groups excluding carboxylic acids is 1. The number of benzene rings is 1. The van der Waals surface area contributed by atoms with E-state index in [-0.39, 0.29) is 18.1 Å². The molecule has 1 saturated carbocycles. The maximum Gasteiger partial charge on any atom is 0.303 e. The van der Waals surface area contributed by atoms with Crippen LogP contribution in [0.2, 0.25) is 0 Å².